The molecule has 1 atom stereocenters. The van der Waals surface area contributed by atoms with Crippen LogP contribution in [-0.2, 0) is 4.79 Å². The van der Waals surface area contributed by atoms with Crippen molar-refractivity contribution < 1.29 is 14.7 Å². The van der Waals surface area contributed by atoms with E-state index in [9.17, 15) is 14.7 Å². The van der Waals surface area contributed by atoms with Gasteiger partial charge in [-0.05, 0) is 18.4 Å². The number of hydrogen-bond acceptors (Lipinski definition) is 3. The molecule has 1 fully saturated rings. The minimum Gasteiger partial charge on any atom is -0.394 e. The van der Waals surface area contributed by atoms with Gasteiger partial charge < -0.3 is 21.1 Å². The Morgan fingerprint density at radius 2 is 1.87 bits per heavy atom. The van der Waals surface area contributed by atoms with Crippen molar-refractivity contribution in [1.29, 1.82) is 0 Å². The maximum absolute atomic E-state index is 11.8. The monoisotopic (exact) mass is 319 g/mol. The fourth-order valence-corrected chi connectivity index (χ4v) is 2.79. The molecule has 1 saturated carbocycles. The fourth-order valence-electron chi connectivity index (χ4n) is 2.79. The average molecular weight is 319 g/mol. The van der Waals surface area contributed by atoms with Crippen LogP contribution >= 0.6 is 0 Å². The second-order valence-corrected chi connectivity index (χ2v) is 5.84. The summed E-state index contributed by atoms with van der Waals surface area (Å²) in [5.41, 5.74) is 0.837. The number of benzene rings is 1. The van der Waals surface area contributed by atoms with Crippen LogP contribution in [0.25, 0.3) is 0 Å². The Labute approximate surface area is 136 Å². The van der Waals surface area contributed by atoms with Crippen LogP contribution in [0.2, 0.25) is 0 Å². The van der Waals surface area contributed by atoms with Gasteiger partial charge in [-0.3, -0.25) is 4.79 Å². The van der Waals surface area contributed by atoms with Crippen molar-refractivity contribution in [2.24, 2.45) is 0 Å². The summed E-state index contributed by atoms with van der Waals surface area (Å²) >= 11 is 0. The summed E-state index contributed by atoms with van der Waals surface area (Å²) in [6.45, 7) is 0.0942. The van der Waals surface area contributed by atoms with Crippen LogP contribution in [0.3, 0.4) is 0 Å². The van der Waals surface area contributed by atoms with Gasteiger partial charge in [0.1, 0.15) is 0 Å². The van der Waals surface area contributed by atoms with Gasteiger partial charge >= 0.3 is 6.03 Å². The number of amides is 3. The molecule has 1 aliphatic carbocycles. The fraction of sp³-hybridized carbons (Fsp3) is 0.529. The summed E-state index contributed by atoms with van der Waals surface area (Å²) in [5.74, 6) is -0.0287. The number of carbonyl (C=O) groups is 2. The second kappa shape index (κ2) is 9.15. The summed E-state index contributed by atoms with van der Waals surface area (Å²) in [7, 11) is 0. The first-order valence-corrected chi connectivity index (χ1v) is 8.18. The van der Waals surface area contributed by atoms with E-state index in [1.165, 1.54) is 12.8 Å². The lowest BCUT2D eigenvalue weighted by molar-refractivity contribution is -0.121. The Bertz CT molecular complexity index is 501. The highest BCUT2D eigenvalue weighted by Crippen LogP contribution is 2.17. The van der Waals surface area contributed by atoms with Crippen LogP contribution in [0.1, 0.15) is 43.7 Å². The maximum Gasteiger partial charge on any atom is 0.315 e. The molecule has 2 rings (SSSR count). The first-order chi connectivity index (χ1) is 11.2. The van der Waals surface area contributed by atoms with E-state index in [1.807, 2.05) is 30.3 Å². The highest BCUT2D eigenvalue weighted by Gasteiger charge is 2.17. The topological polar surface area (TPSA) is 90.5 Å². The third-order valence-corrected chi connectivity index (χ3v) is 4.05. The number of nitrogens with one attached hydrogen (secondary N) is 3. The molecule has 3 amide bonds. The van der Waals surface area contributed by atoms with Crippen molar-refractivity contribution in [3.05, 3.63) is 35.9 Å². The summed E-state index contributed by atoms with van der Waals surface area (Å²) < 4.78 is 0. The quantitative estimate of drug-likeness (QED) is 0.613. The number of aliphatic hydroxyl groups is 1. The predicted octanol–water partition coefficient (Wildman–Crippen LogP) is 1.47. The van der Waals surface area contributed by atoms with Crippen LogP contribution < -0.4 is 16.0 Å². The van der Waals surface area contributed by atoms with E-state index in [-0.39, 0.29) is 31.5 Å². The molecule has 1 unspecified atom stereocenters. The lowest BCUT2D eigenvalue weighted by Crippen LogP contribution is -2.41. The standard InChI is InChI=1S/C17H25N3O3/c21-12-15(13-6-2-1-3-7-13)20-17(23)18-11-10-16(22)19-14-8-4-5-9-14/h1-3,6-7,14-15,21H,4-5,8-12H2,(H,19,22)(H2,18,20,23). The van der Waals surface area contributed by atoms with E-state index in [0.717, 1.165) is 18.4 Å². The van der Waals surface area contributed by atoms with E-state index in [2.05, 4.69) is 16.0 Å². The summed E-state index contributed by atoms with van der Waals surface area (Å²) in [4.78, 5) is 23.6. The molecular formula is C17H25N3O3. The van der Waals surface area contributed by atoms with Gasteiger partial charge in [-0.2, -0.15) is 0 Å². The molecule has 6 nitrogen and oxygen atoms in total. The first-order valence-electron chi connectivity index (χ1n) is 8.18. The molecular weight excluding hydrogens is 294 g/mol. The van der Waals surface area contributed by atoms with Gasteiger partial charge in [-0.25, -0.2) is 4.79 Å². The largest absolute Gasteiger partial charge is 0.394 e. The molecule has 0 heterocycles. The van der Waals surface area contributed by atoms with Crippen molar-refractivity contribution in [2.75, 3.05) is 13.2 Å². The number of aliphatic hydroxyl groups excluding tert-OH is 1. The van der Waals surface area contributed by atoms with Gasteiger partial charge in [0, 0.05) is 19.0 Å². The molecule has 23 heavy (non-hydrogen) atoms. The molecule has 0 bridgehead atoms. The third kappa shape index (κ3) is 5.90. The number of hydrogen-bond donors (Lipinski definition) is 4. The van der Waals surface area contributed by atoms with Gasteiger partial charge in [0.05, 0.1) is 12.6 Å². The highest BCUT2D eigenvalue weighted by molar-refractivity contribution is 5.78. The molecule has 0 radical (unpaired) electrons. The SMILES string of the molecule is O=C(CCNC(=O)NC(CO)c1ccccc1)NC1CCCC1. The van der Waals surface area contributed by atoms with Crippen molar-refractivity contribution in [2.45, 2.75) is 44.2 Å². The van der Waals surface area contributed by atoms with E-state index >= 15 is 0 Å². The molecule has 0 aliphatic heterocycles. The van der Waals surface area contributed by atoms with Gasteiger partial charge in [0.15, 0.2) is 0 Å². The number of rotatable bonds is 7. The molecule has 0 spiro atoms. The second-order valence-electron chi connectivity index (χ2n) is 5.84. The van der Waals surface area contributed by atoms with Crippen LogP contribution in [0, 0.1) is 0 Å². The van der Waals surface area contributed by atoms with E-state index in [4.69, 9.17) is 0 Å². The molecule has 1 aliphatic rings. The molecule has 1 aromatic rings. The minimum atomic E-state index is -0.455. The van der Waals surface area contributed by atoms with Crippen LogP contribution in [-0.4, -0.2) is 36.2 Å². The summed E-state index contributed by atoms with van der Waals surface area (Å²) in [5, 5.41) is 17.7. The minimum absolute atomic E-state index is 0.0287. The Hall–Kier alpha value is -2.08. The average Bonchev–Trinajstić information content (AvgIpc) is 3.06. The molecule has 0 saturated heterocycles. The smallest absolute Gasteiger partial charge is 0.315 e. The van der Waals surface area contributed by atoms with E-state index < -0.39 is 6.04 Å². The van der Waals surface area contributed by atoms with Crippen LogP contribution in [0.5, 0.6) is 0 Å². The zero-order valence-electron chi connectivity index (χ0n) is 13.3. The Kier molecular flexibility index (Phi) is 6.87. The van der Waals surface area contributed by atoms with Crippen molar-refractivity contribution >= 4 is 11.9 Å². The molecule has 126 valence electrons. The van der Waals surface area contributed by atoms with E-state index in [1.54, 1.807) is 0 Å². The van der Waals surface area contributed by atoms with Crippen molar-refractivity contribution in [3.8, 4) is 0 Å². The summed E-state index contributed by atoms with van der Waals surface area (Å²) in [6.07, 6.45) is 4.71. The first kappa shape index (κ1) is 17.3. The Morgan fingerprint density at radius 3 is 2.52 bits per heavy atom. The van der Waals surface area contributed by atoms with Gasteiger partial charge in [-0.1, -0.05) is 43.2 Å². The zero-order chi connectivity index (χ0) is 16.5. The third-order valence-electron chi connectivity index (χ3n) is 4.05. The maximum atomic E-state index is 11.8. The van der Waals surface area contributed by atoms with Gasteiger partial charge in [0.2, 0.25) is 5.91 Å². The van der Waals surface area contributed by atoms with Crippen molar-refractivity contribution in [1.82, 2.24) is 16.0 Å². The molecule has 6 heteroatoms. The predicted molar refractivity (Wildman–Crippen MR) is 87.8 cm³/mol. The van der Waals surface area contributed by atoms with E-state index in [0.29, 0.717) is 6.04 Å². The Morgan fingerprint density at radius 1 is 1.17 bits per heavy atom. The van der Waals surface area contributed by atoms with Crippen molar-refractivity contribution in [3.63, 3.8) is 0 Å². The Balaban J connectivity index is 1.66. The highest BCUT2D eigenvalue weighted by atomic mass is 16.3. The zero-order valence-corrected chi connectivity index (χ0v) is 13.3. The molecule has 0 aromatic heterocycles. The molecule has 1 aromatic carbocycles. The van der Waals surface area contributed by atoms with Crippen LogP contribution in [0.4, 0.5) is 4.79 Å². The number of urea groups is 1. The summed E-state index contributed by atoms with van der Waals surface area (Å²) in [6, 6.07) is 8.72. The lowest BCUT2D eigenvalue weighted by atomic mass is 10.1. The molecule has 4 N–H and O–H groups in total. The number of carbonyl (C=O) groups excluding carboxylic acids is 2. The lowest BCUT2D eigenvalue weighted by Gasteiger charge is -2.17. The van der Waals surface area contributed by atoms with Gasteiger partial charge in [-0.15, -0.1) is 0 Å². The van der Waals surface area contributed by atoms with Gasteiger partial charge in [0.25, 0.3) is 0 Å². The normalized spacial score (nSPS) is 15.9. The van der Waals surface area contributed by atoms with Crippen LogP contribution in [0.15, 0.2) is 30.3 Å².